The molecule has 0 saturated carbocycles. The normalized spacial score (nSPS) is 17.1. The molecule has 1 atom stereocenters. The maximum atomic E-state index is 12.9. The van der Waals surface area contributed by atoms with Crippen LogP contribution in [-0.2, 0) is 14.8 Å². The van der Waals surface area contributed by atoms with Crippen LogP contribution in [0.15, 0.2) is 58.3 Å². The minimum Gasteiger partial charge on any atom is -0.349 e. The zero-order chi connectivity index (χ0) is 21.0. The number of hydrogen-bond donors (Lipinski definition) is 1. The number of aryl methyl sites for hydroxylation is 1. The summed E-state index contributed by atoms with van der Waals surface area (Å²) >= 11 is 1.58. The van der Waals surface area contributed by atoms with Gasteiger partial charge in [-0.15, -0.1) is 11.8 Å². The highest BCUT2D eigenvalue weighted by atomic mass is 32.2. The van der Waals surface area contributed by atoms with Crippen molar-refractivity contribution in [3.05, 3.63) is 59.7 Å². The molecule has 1 heterocycles. The van der Waals surface area contributed by atoms with Gasteiger partial charge in [0, 0.05) is 23.9 Å². The number of carbonyl (C=O) groups excluding carboxylic acids is 1. The highest BCUT2D eigenvalue weighted by Gasteiger charge is 2.32. The molecule has 3 rings (SSSR count). The molecule has 1 fully saturated rings. The number of carbonyl (C=O) groups is 1. The summed E-state index contributed by atoms with van der Waals surface area (Å²) in [4.78, 5) is 14.0. The van der Waals surface area contributed by atoms with E-state index >= 15 is 0 Å². The number of rotatable bonds is 6. The molecule has 0 spiro atoms. The van der Waals surface area contributed by atoms with E-state index in [1.165, 1.54) is 9.87 Å². The first kappa shape index (κ1) is 21.9. The predicted octanol–water partition coefficient (Wildman–Crippen LogP) is 4.00. The van der Waals surface area contributed by atoms with E-state index in [9.17, 15) is 13.2 Å². The van der Waals surface area contributed by atoms with Crippen LogP contribution >= 0.6 is 11.8 Å². The quantitative estimate of drug-likeness (QED) is 0.701. The number of piperidine rings is 1. The zero-order valence-electron chi connectivity index (χ0n) is 17.1. The Morgan fingerprint density at radius 3 is 2.21 bits per heavy atom. The molecule has 0 aliphatic carbocycles. The van der Waals surface area contributed by atoms with Gasteiger partial charge in [0.15, 0.2) is 0 Å². The maximum absolute atomic E-state index is 12.9. The van der Waals surface area contributed by atoms with E-state index in [-0.39, 0.29) is 17.9 Å². The predicted molar refractivity (Wildman–Crippen MR) is 117 cm³/mol. The van der Waals surface area contributed by atoms with Crippen LogP contribution in [0, 0.1) is 12.8 Å². The lowest BCUT2D eigenvalue weighted by Crippen LogP contribution is -2.43. The lowest BCUT2D eigenvalue weighted by atomic mass is 9.96. The molecular weight excluding hydrogens is 404 g/mol. The van der Waals surface area contributed by atoms with Crippen molar-refractivity contribution >= 4 is 27.7 Å². The molecule has 1 unspecified atom stereocenters. The van der Waals surface area contributed by atoms with Gasteiger partial charge in [0.1, 0.15) is 0 Å². The molecule has 2 aromatic rings. The Kier molecular flexibility index (Phi) is 7.03. The SMILES string of the molecule is CSc1ccc(S(=O)(=O)N2CCC(C(=O)NC(C)c3ccc(C)cc3)CC2)cc1. The molecular formula is C22H28N2O3S2. The molecule has 1 saturated heterocycles. The number of sulfonamides is 1. The van der Waals surface area contributed by atoms with Crippen LogP contribution in [0.1, 0.15) is 36.9 Å². The molecule has 29 heavy (non-hydrogen) atoms. The lowest BCUT2D eigenvalue weighted by molar-refractivity contribution is -0.126. The van der Waals surface area contributed by atoms with Gasteiger partial charge in [-0.05, 0) is 62.8 Å². The van der Waals surface area contributed by atoms with E-state index in [0.29, 0.717) is 30.8 Å². The van der Waals surface area contributed by atoms with Crippen molar-refractivity contribution in [2.45, 2.75) is 42.5 Å². The standard InChI is InChI=1S/C22H28N2O3S2/c1-16-4-6-18(7-5-16)17(2)23-22(25)19-12-14-24(15-13-19)29(26,27)21-10-8-20(28-3)9-11-21/h4-11,17,19H,12-15H2,1-3H3,(H,23,25). The summed E-state index contributed by atoms with van der Waals surface area (Å²) in [5.41, 5.74) is 2.25. The molecule has 2 aromatic carbocycles. The van der Waals surface area contributed by atoms with Crippen molar-refractivity contribution < 1.29 is 13.2 Å². The van der Waals surface area contributed by atoms with Crippen LogP contribution in [0.2, 0.25) is 0 Å². The van der Waals surface area contributed by atoms with Crippen molar-refractivity contribution in [3.8, 4) is 0 Å². The third-order valence-corrected chi connectivity index (χ3v) is 8.11. The monoisotopic (exact) mass is 432 g/mol. The third-order valence-electron chi connectivity index (χ3n) is 5.46. The summed E-state index contributed by atoms with van der Waals surface area (Å²) < 4.78 is 27.2. The maximum Gasteiger partial charge on any atom is 0.243 e. The van der Waals surface area contributed by atoms with Gasteiger partial charge in [0.05, 0.1) is 10.9 Å². The van der Waals surface area contributed by atoms with Crippen LogP contribution in [0.25, 0.3) is 0 Å². The molecule has 1 aliphatic heterocycles. The minimum atomic E-state index is -3.51. The Labute approximate surface area is 177 Å². The smallest absolute Gasteiger partial charge is 0.243 e. The number of benzene rings is 2. The fraction of sp³-hybridized carbons (Fsp3) is 0.409. The van der Waals surface area contributed by atoms with Crippen molar-refractivity contribution in [1.29, 1.82) is 0 Å². The Morgan fingerprint density at radius 2 is 1.66 bits per heavy atom. The number of nitrogens with one attached hydrogen (secondary N) is 1. The third kappa shape index (κ3) is 5.21. The van der Waals surface area contributed by atoms with Gasteiger partial charge in [-0.1, -0.05) is 29.8 Å². The highest BCUT2D eigenvalue weighted by Crippen LogP contribution is 2.26. The van der Waals surface area contributed by atoms with Gasteiger partial charge in [0.2, 0.25) is 15.9 Å². The molecule has 7 heteroatoms. The Balaban J connectivity index is 1.57. The van der Waals surface area contributed by atoms with Gasteiger partial charge in [0.25, 0.3) is 0 Å². The summed E-state index contributed by atoms with van der Waals surface area (Å²) in [6.45, 7) is 4.74. The number of hydrogen-bond acceptors (Lipinski definition) is 4. The Bertz CT molecular complexity index is 933. The fourth-order valence-electron chi connectivity index (χ4n) is 3.52. The van der Waals surface area contributed by atoms with Crippen molar-refractivity contribution in [2.75, 3.05) is 19.3 Å². The molecule has 1 N–H and O–H groups in total. The second kappa shape index (κ2) is 9.32. The van der Waals surface area contributed by atoms with Crippen LogP contribution < -0.4 is 5.32 Å². The molecule has 156 valence electrons. The molecule has 0 radical (unpaired) electrons. The summed E-state index contributed by atoms with van der Waals surface area (Å²) in [6.07, 6.45) is 3.03. The zero-order valence-corrected chi connectivity index (χ0v) is 18.7. The van der Waals surface area contributed by atoms with Crippen molar-refractivity contribution in [2.24, 2.45) is 5.92 Å². The summed E-state index contributed by atoms with van der Waals surface area (Å²) in [6, 6.07) is 15.0. The Hall–Kier alpha value is -1.83. The summed E-state index contributed by atoms with van der Waals surface area (Å²) in [5.74, 6) is -0.160. The van der Waals surface area contributed by atoms with E-state index in [1.807, 2.05) is 56.5 Å². The molecule has 1 amide bonds. The first-order valence-corrected chi connectivity index (χ1v) is 12.5. The first-order chi connectivity index (χ1) is 13.8. The van der Waals surface area contributed by atoms with E-state index in [0.717, 1.165) is 10.5 Å². The summed E-state index contributed by atoms with van der Waals surface area (Å²) in [5, 5.41) is 3.07. The van der Waals surface area contributed by atoms with E-state index < -0.39 is 10.0 Å². The second-order valence-corrected chi connectivity index (χ2v) is 10.3. The average Bonchev–Trinajstić information content (AvgIpc) is 2.74. The van der Waals surface area contributed by atoms with Crippen molar-refractivity contribution in [1.82, 2.24) is 9.62 Å². The molecule has 5 nitrogen and oxygen atoms in total. The largest absolute Gasteiger partial charge is 0.349 e. The number of nitrogens with zero attached hydrogens (tertiary/aromatic N) is 1. The number of amides is 1. The van der Waals surface area contributed by atoms with Crippen LogP contribution in [0.4, 0.5) is 0 Å². The average molecular weight is 433 g/mol. The summed E-state index contributed by atoms with van der Waals surface area (Å²) in [7, 11) is -3.51. The van der Waals surface area contributed by atoms with E-state index in [2.05, 4.69) is 5.32 Å². The van der Waals surface area contributed by atoms with Crippen LogP contribution in [0.3, 0.4) is 0 Å². The van der Waals surface area contributed by atoms with E-state index in [4.69, 9.17) is 0 Å². The second-order valence-electron chi connectivity index (χ2n) is 7.49. The van der Waals surface area contributed by atoms with Gasteiger partial charge >= 0.3 is 0 Å². The molecule has 0 aromatic heterocycles. The van der Waals surface area contributed by atoms with E-state index in [1.54, 1.807) is 23.9 Å². The first-order valence-electron chi connectivity index (χ1n) is 9.82. The highest BCUT2D eigenvalue weighted by molar-refractivity contribution is 7.98. The van der Waals surface area contributed by atoms with Gasteiger partial charge in [-0.2, -0.15) is 4.31 Å². The van der Waals surface area contributed by atoms with Gasteiger partial charge in [-0.25, -0.2) is 8.42 Å². The van der Waals surface area contributed by atoms with Gasteiger partial charge < -0.3 is 5.32 Å². The topological polar surface area (TPSA) is 66.5 Å². The van der Waals surface area contributed by atoms with Crippen LogP contribution in [0.5, 0.6) is 0 Å². The fourth-order valence-corrected chi connectivity index (χ4v) is 5.40. The minimum absolute atomic E-state index is 0.000513. The van der Waals surface area contributed by atoms with Crippen LogP contribution in [-0.4, -0.2) is 38.0 Å². The molecule has 1 aliphatic rings. The Morgan fingerprint density at radius 1 is 1.07 bits per heavy atom. The van der Waals surface area contributed by atoms with Gasteiger partial charge in [-0.3, -0.25) is 4.79 Å². The number of thioether (sulfide) groups is 1. The lowest BCUT2D eigenvalue weighted by Gasteiger charge is -2.31. The van der Waals surface area contributed by atoms with Crippen molar-refractivity contribution in [3.63, 3.8) is 0 Å². The molecule has 0 bridgehead atoms.